The van der Waals surface area contributed by atoms with Crippen LogP contribution in [0.15, 0.2) is 0 Å². The zero-order valence-corrected chi connectivity index (χ0v) is 11.7. The normalized spacial score (nSPS) is 11.6. The number of hydrogen-bond acceptors (Lipinski definition) is 2. The SMILES string of the molecule is CC(C)CNCCCCCCOCC(C)C. The van der Waals surface area contributed by atoms with Crippen LogP contribution >= 0.6 is 0 Å². The first kappa shape index (κ1) is 15.9. The molecule has 0 aliphatic carbocycles. The number of hydrogen-bond donors (Lipinski definition) is 1. The van der Waals surface area contributed by atoms with Crippen molar-refractivity contribution in [1.82, 2.24) is 5.32 Å². The second-order valence-electron chi connectivity index (χ2n) is 5.48. The molecule has 0 aromatic carbocycles. The molecule has 0 aliphatic heterocycles. The van der Waals surface area contributed by atoms with Gasteiger partial charge in [-0.25, -0.2) is 0 Å². The van der Waals surface area contributed by atoms with Gasteiger partial charge in [-0.3, -0.25) is 0 Å². The van der Waals surface area contributed by atoms with Gasteiger partial charge in [-0.1, -0.05) is 40.5 Å². The molecule has 2 heteroatoms. The average molecular weight is 229 g/mol. The first-order valence-corrected chi connectivity index (χ1v) is 6.91. The van der Waals surface area contributed by atoms with E-state index in [2.05, 4.69) is 33.0 Å². The standard InChI is InChI=1S/C14H31NO/c1-13(2)11-15-9-7-5-6-8-10-16-12-14(3)4/h13-15H,5-12H2,1-4H3. The van der Waals surface area contributed by atoms with Crippen molar-refractivity contribution in [3.05, 3.63) is 0 Å². The van der Waals surface area contributed by atoms with Crippen molar-refractivity contribution in [3.63, 3.8) is 0 Å². The Morgan fingerprint density at radius 1 is 0.875 bits per heavy atom. The molecular weight excluding hydrogens is 198 g/mol. The van der Waals surface area contributed by atoms with Crippen molar-refractivity contribution in [1.29, 1.82) is 0 Å². The Morgan fingerprint density at radius 2 is 1.56 bits per heavy atom. The maximum absolute atomic E-state index is 5.54. The molecular formula is C14H31NO. The predicted octanol–water partition coefficient (Wildman–Crippen LogP) is 3.47. The molecule has 0 aliphatic rings. The highest BCUT2D eigenvalue weighted by Crippen LogP contribution is 2.01. The summed E-state index contributed by atoms with van der Waals surface area (Å²) in [6.07, 6.45) is 5.16. The minimum Gasteiger partial charge on any atom is -0.381 e. The van der Waals surface area contributed by atoms with Crippen LogP contribution in [0.2, 0.25) is 0 Å². The number of ether oxygens (including phenoxy) is 1. The van der Waals surface area contributed by atoms with Gasteiger partial charge in [0.15, 0.2) is 0 Å². The summed E-state index contributed by atoms with van der Waals surface area (Å²) >= 11 is 0. The minimum absolute atomic E-state index is 0.667. The van der Waals surface area contributed by atoms with E-state index in [4.69, 9.17) is 4.74 Å². The van der Waals surface area contributed by atoms with E-state index >= 15 is 0 Å². The third-order valence-electron chi connectivity index (χ3n) is 2.40. The molecule has 0 saturated heterocycles. The fraction of sp³-hybridized carbons (Fsp3) is 1.00. The van der Waals surface area contributed by atoms with Crippen LogP contribution in [-0.2, 0) is 4.74 Å². The van der Waals surface area contributed by atoms with Crippen LogP contribution in [0.4, 0.5) is 0 Å². The fourth-order valence-corrected chi connectivity index (χ4v) is 1.52. The lowest BCUT2D eigenvalue weighted by Crippen LogP contribution is -2.20. The molecule has 0 radical (unpaired) electrons. The van der Waals surface area contributed by atoms with Crippen molar-refractivity contribution in [2.75, 3.05) is 26.3 Å². The molecule has 0 rings (SSSR count). The van der Waals surface area contributed by atoms with E-state index in [1.165, 1.54) is 32.2 Å². The van der Waals surface area contributed by atoms with Crippen molar-refractivity contribution in [3.8, 4) is 0 Å². The Labute approximate surface area is 102 Å². The van der Waals surface area contributed by atoms with Crippen LogP contribution in [0.25, 0.3) is 0 Å². The van der Waals surface area contributed by atoms with Crippen LogP contribution in [0.1, 0.15) is 53.4 Å². The molecule has 0 saturated carbocycles. The highest BCUT2D eigenvalue weighted by molar-refractivity contribution is 4.52. The van der Waals surface area contributed by atoms with Crippen LogP contribution in [0.5, 0.6) is 0 Å². The molecule has 98 valence electrons. The summed E-state index contributed by atoms with van der Waals surface area (Å²) in [5.41, 5.74) is 0. The van der Waals surface area contributed by atoms with Crippen LogP contribution in [0, 0.1) is 11.8 Å². The van der Waals surface area contributed by atoms with Gasteiger partial charge in [0.25, 0.3) is 0 Å². The Balaban J connectivity index is 2.93. The Morgan fingerprint density at radius 3 is 2.19 bits per heavy atom. The summed E-state index contributed by atoms with van der Waals surface area (Å²) in [6, 6.07) is 0. The molecule has 0 heterocycles. The molecule has 1 N–H and O–H groups in total. The quantitative estimate of drug-likeness (QED) is 0.548. The second kappa shape index (κ2) is 11.4. The summed E-state index contributed by atoms with van der Waals surface area (Å²) in [5.74, 6) is 1.43. The van der Waals surface area contributed by atoms with Gasteiger partial charge in [-0.2, -0.15) is 0 Å². The molecule has 0 atom stereocenters. The van der Waals surface area contributed by atoms with Crippen molar-refractivity contribution in [2.24, 2.45) is 11.8 Å². The van der Waals surface area contributed by atoms with Gasteiger partial charge in [0, 0.05) is 13.2 Å². The van der Waals surface area contributed by atoms with E-state index in [0.717, 1.165) is 25.7 Å². The third-order valence-corrected chi connectivity index (χ3v) is 2.40. The zero-order chi connectivity index (χ0) is 12.2. The smallest absolute Gasteiger partial charge is 0.0488 e. The Bertz CT molecular complexity index is 119. The average Bonchev–Trinajstić information content (AvgIpc) is 2.20. The molecule has 0 aromatic heterocycles. The fourth-order valence-electron chi connectivity index (χ4n) is 1.52. The molecule has 0 unspecified atom stereocenters. The maximum Gasteiger partial charge on any atom is 0.0488 e. The van der Waals surface area contributed by atoms with E-state index in [0.29, 0.717) is 5.92 Å². The number of rotatable bonds is 11. The second-order valence-corrected chi connectivity index (χ2v) is 5.48. The molecule has 0 spiro atoms. The van der Waals surface area contributed by atoms with Gasteiger partial charge in [-0.05, 0) is 37.8 Å². The first-order chi connectivity index (χ1) is 7.63. The highest BCUT2D eigenvalue weighted by atomic mass is 16.5. The van der Waals surface area contributed by atoms with Gasteiger partial charge in [-0.15, -0.1) is 0 Å². The van der Waals surface area contributed by atoms with E-state index in [1.807, 2.05) is 0 Å². The van der Waals surface area contributed by atoms with Gasteiger partial charge in [0.1, 0.15) is 0 Å². The predicted molar refractivity (Wildman–Crippen MR) is 71.8 cm³/mol. The lowest BCUT2D eigenvalue weighted by atomic mass is 10.2. The topological polar surface area (TPSA) is 21.3 Å². The van der Waals surface area contributed by atoms with Gasteiger partial charge >= 0.3 is 0 Å². The minimum atomic E-state index is 0.667. The molecule has 2 nitrogen and oxygen atoms in total. The van der Waals surface area contributed by atoms with Crippen LogP contribution < -0.4 is 5.32 Å². The van der Waals surface area contributed by atoms with Gasteiger partial charge in [0.05, 0.1) is 0 Å². The number of nitrogens with one attached hydrogen (secondary N) is 1. The number of unbranched alkanes of at least 4 members (excludes halogenated alkanes) is 3. The largest absolute Gasteiger partial charge is 0.381 e. The van der Waals surface area contributed by atoms with Crippen LogP contribution in [-0.4, -0.2) is 26.3 Å². The summed E-state index contributed by atoms with van der Waals surface area (Å²) in [5, 5.41) is 3.47. The summed E-state index contributed by atoms with van der Waals surface area (Å²) in [6.45, 7) is 13.1. The highest BCUT2D eigenvalue weighted by Gasteiger charge is 1.95. The Hall–Kier alpha value is -0.0800. The molecule has 0 aromatic rings. The van der Waals surface area contributed by atoms with Crippen molar-refractivity contribution in [2.45, 2.75) is 53.4 Å². The summed E-state index contributed by atoms with van der Waals surface area (Å²) in [4.78, 5) is 0. The van der Waals surface area contributed by atoms with Crippen molar-refractivity contribution >= 4 is 0 Å². The third kappa shape index (κ3) is 13.9. The Kier molecular flexibility index (Phi) is 11.3. The van der Waals surface area contributed by atoms with Gasteiger partial charge < -0.3 is 10.1 Å². The lowest BCUT2D eigenvalue weighted by molar-refractivity contribution is 0.106. The molecule has 0 bridgehead atoms. The van der Waals surface area contributed by atoms with E-state index < -0.39 is 0 Å². The van der Waals surface area contributed by atoms with E-state index in [-0.39, 0.29) is 0 Å². The zero-order valence-electron chi connectivity index (χ0n) is 11.7. The van der Waals surface area contributed by atoms with Crippen LogP contribution in [0.3, 0.4) is 0 Å². The molecule has 0 amide bonds. The maximum atomic E-state index is 5.54. The lowest BCUT2D eigenvalue weighted by Gasteiger charge is -2.08. The van der Waals surface area contributed by atoms with E-state index in [1.54, 1.807) is 0 Å². The first-order valence-electron chi connectivity index (χ1n) is 6.91. The van der Waals surface area contributed by atoms with Crippen molar-refractivity contribution < 1.29 is 4.74 Å². The van der Waals surface area contributed by atoms with E-state index in [9.17, 15) is 0 Å². The summed E-state index contributed by atoms with van der Waals surface area (Å²) in [7, 11) is 0. The monoisotopic (exact) mass is 229 g/mol. The molecule has 0 fully saturated rings. The molecule has 16 heavy (non-hydrogen) atoms. The summed E-state index contributed by atoms with van der Waals surface area (Å²) < 4.78 is 5.54. The van der Waals surface area contributed by atoms with Gasteiger partial charge in [0.2, 0.25) is 0 Å².